The van der Waals surface area contributed by atoms with Gasteiger partial charge in [-0.15, -0.1) is 0 Å². The van der Waals surface area contributed by atoms with Crippen molar-refractivity contribution in [3.05, 3.63) is 56.3 Å². The number of aromatic nitrogens is 1. The van der Waals surface area contributed by atoms with Crippen molar-refractivity contribution in [1.82, 2.24) is 5.16 Å². The molecule has 6 heteroatoms. The van der Waals surface area contributed by atoms with Crippen LogP contribution in [0.15, 0.2) is 51.5 Å². The third kappa shape index (κ3) is 2.82. The van der Waals surface area contributed by atoms with E-state index >= 15 is 0 Å². The molecule has 2 aromatic carbocycles. The van der Waals surface area contributed by atoms with Crippen LogP contribution in [0.4, 0.5) is 10.2 Å². The van der Waals surface area contributed by atoms with E-state index in [2.05, 4.69) is 43.7 Å². The first-order chi connectivity index (χ1) is 10.1. The molecule has 0 aliphatic heterocycles. The van der Waals surface area contributed by atoms with E-state index in [4.69, 9.17) is 10.3 Å². The Hall–Kier alpha value is -1.41. The number of hydrogen-bond donors (Lipinski definition) is 1. The third-order valence-electron chi connectivity index (χ3n) is 3.02. The number of anilines is 1. The average Bonchev–Trinajstić information content (AvgIpc) is 2.84. The van der Waals surface area contributed by atoms with Crippen LogP contribution < -0.4 is 5.73 Å². The lowest BCUT2D eigenvalue weighted by molar-refractivity contribution is 0.436. The topological polar surface area (TPSA) is 52.0 Å². The summed E-state index contributed by atoms with van der Waals surface area (Å²) in [7, 11) is 0. The number of nitrogens with two attached hydrogens (primary N) is 1. The van der Waals surface area contributed by atoms with Crippen molar-refractivity contribution in [2.45, 2.75) is 0 Å². The maximum atomic E-state index is 13.1. The molecule has 106 valence electrons. The number of nitrogens with zero attached hydrogens (tertiary/aromatic N) is 1. The summed E-state index contributed by atoms with van der Waals surface area (Å²) < 4.78 is 20.4. The Morgan fingerprint density at radius 1 is 1.14 bits per heavy atom. The summed E-state index contributed by atoms with van der Waals surface area (Å²) in [4.78, 5) is 0. The lowest BCUT2D eigenvalue weighted by atomic mass is 10.0. The summed E-state index contributed by atoms with van der Waals surface area (Å²) in [6.45, 7) is 0. The molecule has 0 aliphatic rings. The van der Waals surface area contributed by atoms with Gasteiger partial charge in [-0.3, -0.25) is 0 Å². The highest BCUT2D eigenvalue weighted by Gasteiger charge is 2.19. The number of benzene rings is 2. The van der Waals surface area contributed by atoms with Crippen LogP contribution >= 0.6 is 38.5 Å². The maximum Gasteiger partial charge on any atom is 0.178 e. The van der Waals surface area contributed by atoms with Gasteiger partial charge in [0, 0.05) is 13.6 Å². The average molecular weight is 459 g/mol. The Labute approximate surface area is 142 Å². The summed E-state index contributed by atoms with van der Waals surface area (Å²) >= 11 is 5.73. The van der Waals surface area contributed by atoms with Crippen LogP contribution in [0.3, 0.4) is 0 Å². The van der Waals surface area contributed by atoms with Gasteiger partial charge in [0.25, 0.3) is 0 Å². The van der Waals surface area contributed by atoms with Crippen molar-refractivity contribution >= 4 is 44.3 Å². The van der Waals surface area contributed by atoms with E-state index in [1.54, 1.807) is 12.1 Å². The molecule has 3 nitrogen and oxygen atoms in total. The summed E-state index contributed by atoms with van der Waals surface area (Å²) in [6, 6.07) is 12.0. The van der Waals surface area contributed by atoms with Crippen molar-refractivity contribution < 1.29 is 8.91 Å². The molecule has 0 amide bonds. The van der Waals surface area contributed by atoms with Gasteiger partial charge in [-0.2, -0.15) is 0 Å². The molecule has 21 heavy (non-hydrogen) atoms. The van der Waals surface area contributed by atoms with Crippen molar-refractivity contribution in [2.75, 3.05) is 5.73 Å². The Kier molecular flexibility index (Phi) is 3.99. The number of halogens is 3. The Morgan fingerprint density at radius 3 is 2.57 bits per heavy atom. The zero-order valence-electron chi connectivity index (χ0n) is 10.6. The summed E-state index contributed by atoms with van der Waals surface area (Å²) in [5.41, 5.74) is 8.20. The second-order valence-corrected chi connectivity index (χ2v) is 6.50. The molecular weight excluding hydrogens is 450 g/mol. The molecule has 3 rings (SSSR count). The second-order valence-electron chi connectivity index (χ2n) is 4.40. The van der Waals surface area contributed by atoms with Gasteiger partial charge in [-0.1, -0.05) is 33.2 Å². The predicted octanol–water partition coefficient (Wildman–Crippen LogP) is 5.10. The highest BCUT2D eigenvalue weighted by molar-refractivity contribution is 14.1. The second kappa shape index (κ2) is 5.76. The van der Waals surface area contributed by atoms with Crippen molar-refractivity contribution in [1.29, 1.82) is 0 Å². The van der Waals surface area contributed by atoms with Crippen molar-refractivity contribution in [2.24, 2.45) is 0 Å². The number of hydrogen-bond acceptors (Lipinski definition) is 3. The predicted molar refractivity (Wildman–Crippen MR) is 92.2 cm³/mol. The van der Waals surface area contributed by atoms with E-state index in [1.807, 2.05) is 18.2 Å². The minimum Gasteiger partial charge on any atom is -0.380 e. The van der Waals surface area contributed by atoms with Gasteiger partial charge in [0.05, 0.1) is 5.56 Å². The highest BCUT2D eigenvalue weighted by Crippen LogP contribution is 2.40. The van der Waals surface area contributed by atoms with E-state index in [-0.39, 0.29) is 11.6 Å². The van der Waals surface area contributed by atoms with Crippen molar-refractivity contribution in [3.8, 4) is 22.5 Å². The van der Waals surface area contributed by atoms with Crippen LogP contribution in [-0.4, -0.2) is 5.16 Å². The van der Waals surface area contributed by atoms with Gasteiger partial charge in [0.2, 0.25) is 0 Å². The van der Waals surface area contributed by atoms with Gasteiger partial charge in [0.1, 0.15) is 5.82 Å². The summed E-state index contributed by atoms with van der Waals surface area (Å²) in [6.07, 6.45) is 0. The molecule has 1 heterocycles. The monoisotopic (exact) mass is 458 g/mol. The standard InChI is InChI=1S/C15H9BrFIN2O/c16-12-6-5-10(18)7-11(12)14-13(15(19)20-21-14)8-1-3-9(17)4-2-8/h1-7H,(H2,19,20). The van der Waals surface area contributed by atoms with Crippen LogP contribution in [0.2, 0.25) is 0 Å². The molecule has 0 bridgehead atoms. The zero-order chi connectivity index (χ0) is 15.0. The molecule has 0 fully saturated rings. The highest BCUT2D eigenvalue weighted by atomic mass is 127. The molecule has 0 unspecified atom stereocenters. The molecule has 0 saturated carbocycles. The largest absolute Gasteiger partial charge is 0.380 e. The molecule has 0 spiro atoms. The molecule has 0 saturated heterocycles. The van der Waals surface area contributed by atoms with E-state index in [9.17, 15) is 4.39 Å². The van der Waals surface area contributed by atoms with Gasteiger partial charge in [0.15, 0.2) is 11.6 Å². The fraction of sp³-hybridized carbons (Fsp3) is 0. The first kappa shape index (κ1) is 14.5. The maximum absolute atomic E-state index is 13.1. The van der Waals surface area contributed by atoms with E-state index in [1.165, 1.54) is 12.1 Å². The fourth-order valence-electron chi connectivity index (χ4n) is 2.05. The van der Waals surface area contributed by atoms with Crippen LogP contribution in [0, 0.1) is 9.39 Å². The SMILES string of the molecule is Nc1noc(-c2cc(I)ccc2Br)c1-c1ccc(F)cc1. The van der Waals surface area contributed by atoms with Gasteiger partial charge in [-0.25, -0.2) is 4.39 Å². The normalized spacial score (nSPS) is 10.8. The minimum absolute atomic E-state index is 0.280. The van der Waals surface area contributed by atoms with Crippen LogP contribution in [0.25, 0.3) is 22.5 Å². The molecular formula is C15H9BrFIN2O. The van der Waals surface area contributed by atoms with Gasteiger partial charge < -0.3 is 10.3 Å². The van der Waals surface area contributed by atoms with Crippen molar-refractivity contribution in [3.63, 3.8) is 0 Å². The molecule has 0 aliphatic carbocycles. The summed E-state index contributed by atoms with van der Waals surface area (Å²) in [5.74, 6) is 0.539. The molecule has 0 radical (unpaired) electrons. The Bertz CT molecular complexity index is 802. The van der Waals surface area contributed by atoms with Gasteiger partial charge >= 0.3 is 0 Å². The smallest absolute Gasteiger partial charge is 0.178 e. The van der Waals surface area contributed by atoms with E-state index in [0.29, 0.717) is 11.3 Å². The fourth-order valence-corrected chi connectivity index (χ4v) is 2.97. The van der Waals surface area contributed by atoms with E-state index < -0.39 is 0 Å². The first-order valence-corrected chi connectivity index (χ1v) is 7.90. The van der Waals surface area contributed by atoms with Crippen LogP contribution in [0.5, 0.6) is 0 Å². The Balaban J connectivity index is 2.21. The molecule has 2 N–H and O–H groups in total. The molecule has 0 atom stereocenters. The Morgan fingerprint density at radius 2 is 1.86 bits per heavy atom. The number of rotatable bonds is 2. The lowest BCUT2D eigenvalue weighted by Crippen LogP contribution is -1.90. The third-order valence-corrected chi connectivity index (χ3v) is 4.39. The summed E-state index contributed by atoms with van der Waals surface area (Å²) in [5, 5.41) is 3.85. The van der Waals surface area contributed by atoms with Crippen LogP contribution in [0.1, 0.15) is 0 Å². The minimum atomic E-state index is -0.300. The zero-order valence-corrected chi connectivity index (χ0v) is 14.4. The van der Waals surface area contributed by atoms with Gasteiger partial charge in [-0.05, 0) is 58.5 Å². The quantitative estimate of drug-likeness (QED) is 0.543. The number of nitrogen functional groups attached to an aromatic ring is 1. The van der Waals surface area contributed by atoms with E-state index in [0.717, 1.165) is 19.2 Å². The lowest BCUT2D eigenvalue weighted by Gasteiger charge is -2.05. The van der Waals surface area contributed by atoms with Crippen LogP contribution in [-0.2, 0) is 0 Å². The molecule has 3 aromatic rings. The first-order valence-electron chi connectivity index (χ1n) is 6.03. The molecule has 1 aromatic heterocycles.